The fraction of sp³-hybridized carbons (Fsp3) is 0.684. The van der Waals surface area contributed by atoms with E-state index in [9.17, 15) is 13.5 Å². The summed E-state index contributed by atoms with van der Waals surface area (Å²) in [5.41, 5.74) is 2.68. The smallest absolute Gasteiger partial charge is 0.232 e. The Kier molecular flexibility index (Phi) is 5.42. The van der Waals surface area contributed by atoms with Crippen molar-refractivity contribution < 1.29 is 13.5 Å². The van der Waals surface area contributed by atoms with Gasteiger partial charge in [0.1, 0.15) is 0 Å². The molecule has 0 bridgehead atoms. The molecule has 6 heteroatoms. The van der Waals surface area contributed by atoms with Gasteiger partial charge in [-0.2, -0.15) is 0 Å². The molecule has 1 aromatic carbocycles. The van der Waals surface area contributed by atoms with E-state index in [1.165, 1.54) is 17.0 Å². The van der Waals surface area contributed by atoms with Gasteiger partial charge in [0.05, 0.1) is 18.0 Å². The Morgan fingerprint density at radius 3 is 2.56 bits per heavy atom. The molecule has 1 N–H and O–H groups in total. The topological polar surface area (TPSA) is 60.9 Å². The molecule has 0 radical (unpaired) electrons. The van der Waals surface area contributed by atoms with Gasteiger partial charge in [-0.3, -0.25) is 9.21 Å². The Morgan fingerprint density at radius 2 is 1.92 bits per heavy atom. The van der Waals surface area contributed by atoms with Crippen molar-refractivity contribution in [3.05, 3.63) is 29.3 Å². The maximum Gasteiger partial charge on any atom is 0.232 e. The molecule has 2 aliphatic heterocycles. The summed E-state index contributed by atoms with van der Waals surface area (Å²) in [5.74, 6) is 1.34. The van der Waals surface area contributed by atoms with Gasteiger partial charge in [-0.05, 0) is 48.3 Å². The van der Waals surface area contributed by atoms with Crippen LogP contribution in [0.4, 0.5) is 5.69 Å². The van der Waals surface area contributed by atoms with Crippen molar-refractivity contribution in [2.45, 2.75) is 39.2 Å². The third-order valence-corrected chi connectivity index (χ3v) is 6.52. The van der Waals surface area contributed by atoms with Crippen molar-refractivity contribution in [3.8, 4) is 0 Å². The minimum atomic E-state index is -3.24. The highest BCUT2D eigenvalue weighted by molar-refractivity contribution is 7.92. The number of hydrogen-bond donors (Lipinski definition) is 1. The number of hydrogen-bond acceptors (Lipinski definition) is 4. The molecule has 25 heavy (non-hydrogen) atoms. The molecule has 1 saturated heterocycles. The Hall–Kier alpha value is -1.11. The molecule has 0 spiro atoms. The molecule has 0 saturated carbocycles. The zero-order chi connectivity index (χ0) is 18.2. The molecule has 1 fully saturated rings. The standard InChI is InChI=1S/C19H30N2O3S/c1-14-9-15(2)12-20(11-14)13-19(22)17-6-7-18-16(10-17)5-4-8-21(18)25(3,23)24/h6-7,10,14-15,19,22H,4-5,8-9,11-13H2,1-3H3/t14-,15-,19-/m1/s1. The molecular weight excluding hydrogens is 336 g/mol. The first-order chi connectivity index (χ1) is 11.7. The molecule has 3 rings (SSSR count). The lowest BCUT2D eigenvalue weighted by molar-refractivity contribution is 0.0699. The lowest BCUT2D eigenvalue weighted by Gasteiger charge is -2.36. The van der Waals surface area contributed by atoms with Crippen LogP contribution in [-0.4, -0.2) is 50.9 Å². The monoisotopic (exact) mass is 366 g/mol. The number of aliphatic hydroxyl groups is 1. The van der Waals surface area contributed by atoms with E-state index in [1.807, 2.05) is 18.2 Å². The van der Waals surface area contributed by atoms with Crippen molar-refractivity contribution in [1.29, 1.82) is 0 Å². The molecule has 3 atom stereocenters. The Morgan fingerprint density at radius 1 is 1.24 bits per heavy atom. The predicted octanol–water partition coefficient (Wildman–Crippen LogP) is 2.41. The number of piperidine rings is 1. The number of sulfonamides is 1. The van der Waals surface area contributed by atoms with E-state index in [1.54, 1.807) is 0 Å². The average Bonchev–Trinajstić information content (AvgIpc) is 2.51. The molecular formula is C19H30N2O3S. The minimum absolute atomic E-state index is 0.531. The Balaban J connectivity index is 1.75. The zero-order valence-electron chi connectivity index (χ0n) is 15.5. The zero-order valence-corrected chi connectivity index (χ0v) is 16.3. The van der Waals surface area contributed by atoms with Gasteiger partial charge < -0.3 is 5.11 Å². The third-order valence-electron chi connectivity index (χ3n) is 5.34. The number of anilines is 1. The first kappa shape index (κ1) is 18.7. The lowest BCUT2D eigenvalue weighted by Crippen LogP contribution is -2.40. The summed E-state index contributed by atoms with van der Waals surface area (Å²) >= 11 is 0. The highest BCUT2D eigenvalue weighted by atomic mass is 32.2. The van der Waals surface area contributed by atoms with E-state index in [4.69, 9.17) is 0 Å². The first-order valence-corrected chi connectivity index (χ1v) is 11.1. The average molecular weight is 367 g/mol. The van der Waals surface area contributed by atoms with Gasteiger partial charge in [-0.1, -0.05) is 26.0 Å². The minimum Gasteiger partial charge on any atom is -0.387 e. The first-order valence-electron chi connectivity index (χ1n) is 9.25. The number of rotatable bonds is 4. The molecule has 2 heterocycles. The molecule has 140 valence electrons. The summed E-state index contributed by atoms with van der Waals surface area (Å²) in [6.45, 7) is 7.80. The maximum atomic E-state index is 12.0. The quantitative estimate of drug-likeness (QED) is 0.889. The van der Waals surface area contributed by atoms with Crippen LogP contribution in [0.25, 0.3) is 0 Å². The number of aryl methyl sites for hydroxylation is 1. The van der Waals surface area contributed by atoms with Gasteiger partial charge in [0.25, 0.3) is 0 Å². The van der Waals surface area contributed by atoms with Gasteiger partial charge in [0.15, 0.2) is 0 Å². The molecule has 0 aromatic heterocycles. The van der Waals surface area contributed by atoms with Crippen molar-refractivity contribution in [3.63, 3.8) is 0 Å². The van der Waals surface area contributed by atoms with E-state index in [0.717, 1.165) is 42.7 Å². The van der Waals surface area contributed by atoms with Crippen LogP contribution in [0.15, 0.2) is 18.2 Å². The molecule has 1 aromatic rings. The summed E-state index contributed by atoms with van der Waals surface area (Å²) in [5, 5.41) is 10.7. The van der Waals surface area contributed by atoms with Crippen LogP contribution in [0.5, 0.6) is 0 Å². The molecule has 0 amide bonds. The van der Waals surface area contributed by atoms with Gasteiger partial charge >= 0.3 is 0 Å². The van der Waals surface area contributed by atoms with E-state index in [0.29, 0.717) is 24.9 Å². The van der Waals surface area contributed by atoms with Gasteiger partial charge in [0.2, 0.25) is 10.0 Å². The summed E-state index contributed by atoms with van der Waals surface area (Å²) in [7, 11) is -3.24. The van der Waals surface area contributed by atoms with Crippen LogP contribution >= 0.6 is 0 Å². The van der Waals surface area contributed by atoms with Gasteiger partial charge in [-0.15, -0.1) is 0 Å². The second-order valence-electron chi connectivity index (χ2n) is 8.01. The third kappa shape index (κ3) is 4.36. The van der Waals surface area contributed by atoms with Crippen LogP contribution in [-0.2, 0) is 16.4 Å². The van der Waals surface area contributed by atoms with Gasteiger partial charge in [-0.25, -0.2) is 8.42 Å². The predicted molar refractivity (Wildman–Crippen MR) is 101 cm³/mol. The summed E-state index contributed by atoms with van der Waals surface area (Å²) in [6, 6.07) is 5.73. The fourth-order valence-electron chi connectivity index (χ4n) is 4.43. The van der Waals surface area contributed by atoms with Crippen LogP contribution in [0.2, 0.25) is 0 Å². The van der Waals surface area contributed by atoms with Crippen molar-refractivity contribution >= 4 is 15.7 Å². The normalized spacial score (nSPS) is 26.3. The largest absolute Gasteiger partial charge is 0.387 e. The maximum absolute atomic E-state index is 12.0. The SMILES string of the molecule is C[C@@H]1C[C@@H](C)CN(C[C@@H](O)c2ccc3c(c2)CCCN3S(C)(=O)=O)C1. The highest BCUT2D eigenvalue weighted by Gasteiger charge is 2.26. The number of fused-ring (bicyclic) bond motifs is 1. The van der Waals surface area contributed by atoms with Crippen molar-refractivity contribution in [1.82, 2.24) is 4.90 Å². The van der Waals surface area contributed by atoms with Gasteiger partial charge in [0, 0.05) is 26.2 Å². The van der Waals surface area contributed by atoms with E-state index in [2.05, 4.69) is 18.7 Å². The van der Waals surface area contributed by atoms with Crippen LogP contribution in [0.1, 0.15) is 43.9 Å². The van der Waals surface area contributed by atoms with Crippen LogP contribution in [0.3, 0.4) is 0 Å². The van der Waals surface area contributed by atoms with E-state index < -0.39 is 16.1 Å². The van der Waals surface area contributed by atoms with Crippen LogP contribution in [0, 0.1) is 11.8 Å². The number of nitrogens with zero attached hydrogens (tertiary/aromatic N) is 2. The highest BCUT2D eigenvalue weighted by Crippen LogP contribution is 2.32. The van der Waals surface area contributed by atoms with Crippen molar-refractivity contribution in [2.24, 2.45) is 11.8 Å². The second kappa shape index (κ2) is 7.25. The molecule has 2 aliphatic rings. The Labute approximate surface area is 151 Å². The lowest BCUT2D eigenvalue weighted by atomic mass is 9.91. The van der Waals surface area contributed by atoms with Crippen molar-refractivity contribution in [2.75, 3.05) is 36.7 Å². The Bertz CT molecular complexity index is 709. The fourth-order valence-corrected chi connectivity index (χ4v) is 5.42. The molecule has 0 aliphatic carbocycles. The summed E-state index contributed by atoms with van der Waals surface area (Å²) < 4.78 is 25.4. The summed E-state index contributed by atoms with van der Waals surface area (Å²) in [6.07, 6.45) is 3.66. The number of β-amino-alcohol motifs (C(OH)–C–C–N with tert-alkyl or cyclic N) is 1. The molecule has 5 nitrogen and oxygen atoms in total. The number of benzene rings is 1. The second-order valence-corrected chi connectivity index (χ2v) is 9.91. The molecule has 0 unspecified atom stereocenters. The number of likely N-dealkylation sites (tertiary alicyclic amines) is 1. The van der Waals surface area contributed by atoms with E-state index >= 15 is 0 Å². The van der Waals surface area contributed by atoms with E-state index in [-0.39, 0.29) is 0 Å². The number of aliphatic hydroxyl groups excluding tert-OH is 1. The summed E-state index contributed by atoms with van der Waals surface area (Å²) in [4.78, 5) is 2.35. The van der Waals surface area contributed by atoms with Crippen LogP contribution < -0.4 is 4.31 Å².